The zero-order valence-electron chi connectivity index (χ0n) is 19.7. The number of aromatic nitrogens is 1. The Labute approximate surface area is 216 Å². The summed E-state index contributed by atoms with van der Waals surface area (Å²) < 4.78 is 77.6. The summed E-state index contributed by atoms with van der Waals surface area (Å²) in [6.45, 7) is 1.39. The minimum absolute atomic E-state index is 0.0639. The first-order valence-electron chi connectivity index (χ1n) is 10.8. The molecular weight excluding hydrogens is 536 g/mol. The lowest BCUT2D eigenvalue weighted by atomic mass is 9.98. The molecule has 3 rings (SSSR count). The third-order valence-corrected chi connectivity index (χ3v) is 6.90. The van der Waals surface area contributed by atoms with Crippen molar-refractivity contribution >= 4 is 38.9 Å². The largest absolute Gasteiger partial charge is 0.433 e. The number of alkyl halides is 3. The Kier molecular flexibility index (Phi) is 8.33. The molecule has 1 unspecified atom stereocenters. The summed E-state index contributed by atoms with van der Waals surface area (Å²) in [7, 11) is -3.87. The number of benzene rings is 2. The second-order valence-electron chi connectivity index (χ2n) is 8.27. The molecule has 0 aliphatic carbocycles. The van der Waals surface area contributed by atoms with Crippen LogP contribution in [0.3, 0.4) is 0 Å². The van der Waals surface area contributed by atoms with Crippen LogP contribution in [0.25, 0.3) is 0 Å². The Morgan fingerprint density at radius 3 is 2.32 bits per heavy atom. The summed E-state index contributed by atoms with van der Waals surface area (Å²) in [5, 5.41) is 5.93. The summed E-state index contributed by atoms with van der Waals surface area (Å²) in [6.07, 6.45) is -3.84. The van der Waals surface area contributed by atoms with Gasteiger partial charge in [0.25, 0.3) is 0 Å². The molecular formula is C24H23ClF4N4O3S. The van der Waals surface area contributed by atoms with Crippen molar-refractivity contribution < 1.29 is 30.8 Å². The highest BCUT2D eigenvalue weighted by molar-refractivity contribution is 7.90. The fourth-order valence-corrected chi connectivity index (χ4v) is 4.33. The minimum atomic E-state index is -4.67. The van der Waals surface area contributed by atoms with Gasteiger partial charge in [-0.3, -0.25) is 4.79 Å². The lowest BCUT2D eigenvalue weighted by molar-refractivity contribution is -0.141. The SMILES string of the molecule is CC(C(=O)NCc1ccc(C(F)(F)F)nc1NCc1ccc(Cl)cc1)c1ccc(S(C)(=O)=O)c(F)c1N. The fraction of sp³-hybridized carbons (Fsp3) is 0.250. The van der Waals surface area contributed by atoms with Crippen molar-refractivity contribution in [2.45, 2.75) is 37.0 Å². The van der Waals surface area contributed by atoms with Crippen LogP contribution in [0.5, 0.6) is 0 Å². The van der Waals surface area contributed by atoms with Crippen LogP contribution >= 0.6 is 11.6 Å². The van der Waals surface area contributed by atoms with Crippen molar-refractivity contribution in [3.05, 3.63) is 81.8 Å². The van der Waals surface area contributed by atoms with Gasteiger partial charge in [0.15, 0.2) is 15.7 Å². The minimum Gasteiger partial charge on any atom is -0.396 e. The van der Waals surface area contributed by atoms with E-state index in [4.69, 9.17) is 17.3 Å². The van der Waals surface area contributed by atoms with Gasteiger partial charge in [0, 0.05) is 29.9 Å². The number of nitrogen functional groups attached to an aromatic ring is 1. The van der Waals surface area contributed by atoms with Crippen molar-refractivity contribution in [1.29, 1.82) is 0 Å². The lowest BCUT2D eigenvalue weighted by Gasteiger charge is -2.18. The number of carbonyl (C=O) groups is 1. The normalized spacial score (nSPS) is 12.7. The maximum absolute atomic E-state index is 14.5. The zero-order valence-corrected chi connectivity index (χ0v) is 21.2. The lowest BCUT2D eigenvalue weighted by Crippen LogP contribution is -2.29. The van der Waals surface area contributed by atoms with Crippen LogP contribution in [0.15, 0.2) is 53.4 Å². The van der Waals surface area contributed by atoms with Crippen molar-refractivity contribution in [3.63, 3.8) is 0 Å². The summed E-state index contributed by atoms with van der Waals surface area (Å²) in [5.41, 5.74) is 5.24. The molecule has 0 saturated heterocycles. The molecule has 1 aromatic heterocycles. The number of halogens is 5. The Hall–Kier alpha value is -3.38. The molecule has 0 bridgehead atoms. The maximum Gasteiger partial charge on any atom is 0.433 e. The van der Waals surface area contributed by atoms with E-state index in [1.165, 1.54) is 19.1 Å². The average Bonchev–Trinajstić information content (AvgIpc) is 2.82. The number of sulfone groups is 1. The first kappa shape index (κ1) is 28.2. The highest BCUT2D eigenvalue weighted by atomic mass is 35.5. The van der Waals surface area contributed by atoms with Gasteiger partial charge in [-0.2, -0.15) is 13.2 Å². The summed E-state index contributed by atoms with van der Waals surface area (Å²) in [4.78, 5) is 15.9. The van der Waals surface area contributed by atoms with E-state index < -0.39 is 49.9 Å². The molecule has 4 N–H and O–H groups in total. The van der Waals surface area contributed by atoms with Crippen molar-refractivity contribution in [2.75, 3.05) is 17.3 Å². The topological polar surface area (TPSA) is 114 Å². The molecule has 13 heteroatoms. The molecule has 3 aromatic rings. The number of pyridine rings is 1. The Balaban J connectivity index is 1.80. The van der Waals surface area contributed by atoms with Gasteiger partial charge in [-0.15, -0.1) is 0 Å². The van der Waals surface area contributed by atoms with Gasteiger partial charge in [-0.25, -0.2) is 17.8 Å². The Morgan fingerprint density at radius 2 is 1.73 bits per heavy atom. The van der Waals surface area contributed by atoms with Gasteiger partial charge in [-0.05, 0) is 42.3 Å². The van der Waals surface area contributed by atoms with Crippen molar-refractivity contribution in [1.82, 2.24) is 10.3 Å². The van der Waals surface area contributed by atoms with Crippen LogP contribution in [-0.4, -0.2) is 25.6 Å². The molecule has 1 atom stereocenters. The highest BCUT2D eigenvalue weighted by Gasteiger charge is 2.33. The molecule has 0 aliphatic heterocycles. The number of carbonyl (C=O) groups excluding carboxylic acids is 1. The van der Waals surface area contributed by atoms with Crippen LogP contribution in [-0.2, 0) is 33.9 Å². The third kappa shape index (κ3) is 6.89. The summed E-state index contributed by atoms with van der Waals surface area (Å²) >= 11 is 5.86. The molecule has 0 spiro atoms. The number of nitrogens with one attached hydrogen (secondary N) is 2. The number of nitrogens with two attached hydrogens (primary N) is 1. The standard InChI is InChI=1S/C24H23ClF4N4O3S/c1-13(17-8-9-18(37(2,35)36)20(26)21(17)30)23(34)32-12-15-5-10-19(24(27,28)29)33-22(15)31-11-14-3-6-16(25)7-4-14/h3-10,13H,11-12,30H2,1-2H3,(H,31,33)(H,32,34). The predicted octanol–water partition coefficient (Wildman–Crippen LogP) is 4.91. The molecule has 198 valence electrons. The Morgan fingerprint density at radius 1 is 1.08 bits per heavy atom. The monoisotopic (exact) mass is 558 g/mol. The molecule has 37 heavy (non-hydrogen) atoms. The summed E-state index contributed by atoms with van der Waals surface area (Å²) in [5.74, 6) is -2.83. The fourth-order valence-electron chi connectivity index (χ4n) is 3.46. The predicted molar refractivity (Wildman–Crippen MR) is 132 cm³/mol. The number of nitrogens with zero attached hydrogens (tertiary/aromatic N) is 1. The van der Waals surface area contributed by atoms with Gasteiger partial charge >= 0.3 is 6.18 Å². The van der Waals surface area contributed by atoms with Crippen molar-refractivity contribution in [3.8, 4) is 0 Å². The molecule has 0 fully saturated rings. The number of amides is 1. The van der Waals surface area contributed by atoms with E-state index in [9.17, 15) is 30.8 Å². The van der Waals surface area contributed by atoms with Gasteiger partial charge in [0.2, 0.25) is 5.91 Å². The van der Waals surface area contributed by atoms with E-state index in [1.54, 1.807) is 24.3 Å². The summed E-state index contributed by atoms with van der Waals surface area (Å²) in [6, 6.07) is 10.9. The highest BCUT2D eigenvalue weighted by Crippen LogP contribution is 2.31. The number of hydrogen-bond acceptors (Lipinski definition) is 6. The van der Waals surface area contributed by atoms with Gasteiger partial charge in [0.1, 0.15) is 16.4 Å². The first-order valence-corrected chi connectivity index (χ1v) is 13.1. The van der Waals surface area contributed by atoms with Crippen LogP contribution in [0.4, 0.5) is 29.1 Å². The second kappa shape index (κ2) is 10.9. The number of hydrogen-bond donors (Lipinski definition) is 3. The first-order chi connectivity index (χ1) is 17.2. The third-order valence-electron chi connectivity index (χ3n) is 5.53. The smallest absolute Gasteiger partial charge is 0.396 e. The number of rotatable bonds is 8. The van der Waals surface area contributed by atoms with Gasteiger partial charge in [0.05, 0.1) is 11.6 Å². The van der Waals surface area contributed by atoms with E-state index in [0.717, 1.165) is 24.0 Å². The maximum atomic E-state index is 14.5. The zero-order chi connectivity index (χ0) is 27.5. The van der Waals surface area contributed by atoms with Gasteiger partial charge < -0.3 is 16.4 Å². The second-order valence-corrected chi connectivity index (χ2v) is 10.7. The quantitative estimate of drug-likeness (QED) is 0.267. The molecule has 0 radical (unpaired) electrons. The average molecular weight is 559 g/mol. The molecule has 7 nitrogen and oxygen atoms in total. The molecule has 1 heterocycles. The van der Waals surface area contributed by atoms with E-state index in [2.05, 4.69) is 15.6 Å². The van der Waals surface area contributed by atoms with Crippen LogP contribution < -0.4 is 16.4 Å². The van der Waals surface area contributed by atoms with Crippen LogP contribution in [0, 0.1) is 5.82 Å². The van der Waals surface area contributed by atoms with E-state index in [0.29, 0.717) is 5.02 Å². The van der Waals surface area contributed by atoms with Gasteiger partial charge in [-0.1, -0.05) is 35.9 Å². The van der Waals surface area contributed by atoms with E-state index >= 15 is 0 Å². The van der Waals surface area contributed by atoms with Crippen LogP contribution in [0.1, 0.15) is 35.2 Å². The molecule has 1 amide bonds. The van der Waals surface area contributed by atoms with E-state index in [1.807, 2.05) is 0 Å². The Bertz CT molecular complexity index is 1410. The molecule has 0 aliphatic rings. The molecule has 2 aromatic carbocycles. The van der Waals surface area contributed by atoms with E-state index in [-0.39, 0.29) is 30.0 Å². The molecule has 0 saturated carbocycles. The number of anilines is 2. The van der Waals surface area contributed by atoms with Crippen LogP contribution in [0.2, 0.25) is 5.02 Å². The van der Waals surface area contributed by atoms with Crippen molar-refractivity contribution in [2.24, 2.45) is 0 Å².